The number of rotatable bonds is 6. The number of benzene rings is 1. The maximum absolute atomic E-state index is 12.1. The van der Waals surface area contributed by atoms with Crippen LogP contribution in [0.25, 0.3) is 0 Å². The molecular formula is C19H28N3O3+. The van der Waals surface area contributed by atoms with Crippen molar-refractivity contribution < 1.29 is 19.2 Å². The zero-order valence-corrected chi connectivity index (χ0v) is 14.8. The summed E-state index contributed by atoms with van der Waals surface area (Å²) in [5, 5.41) is 5.70. The molecule has 3 rings (SSSR count). The fourth-order valence-electron chi connectivity index (χ4n) is 3.64. The minimum atomic E-state index is -0.761. The highest BCUT2D eigenvalue weighted by atomic mass is 16.5. The van der Waals surface area contributed by atoms with Gasteiger partial charge in [0, 0.05) is 13.0 Å². The van der Waals surface area contributed by atoms with Gasteiger partial charge in [0.15, 0.2) is 6.10 Å². The number of quaternary nitrogens is 1. The molecule has 3 N–H and O–H groups in total. The van der Waals surface area contributed by atoms with Crippen molar-refractivity contribution in [3.63, 3.8) is 0 Å². The van der Waals surface area contributed by atoms with Gasteiger partial charge in [-0.1, -0.05) is 12.1 Å². The Morgan fingerprint density at radius 3 is 3.04 bits per heavy atom. The van der Waals surface area contributed by atoms with E-state index in [1.54, 1.807) is 17.0 Å². The van der Waals surface area contributed by atoms with E-state index in [4.69, 9.17) is 4.74 Å². The molecule has 0 bridgehead atoms. The number of nitrogens with one attached hydrogen (secondary N) is 3. The molecule has 0 radical (unpaired) electrons. The van der Waals surface area contributed by atoms with Crippen LogP contribution in [0.3, 0.4) is 0 Å². The topological polar surface area (TPSA) is 71.9 Å². The van der Waals surface area contributed by atoms with Gasteiger partial charge in [0.05, 0.1) is 31.2 Å². The number of fused-ring (bicyclic) bond motifs is 1. The fourth-order valence-corrected chi connectivity index (χ4v) is 3.64. The summed E-state index contributed by atoms with van der Waals surface area (Å²) in [5.74, 6) is 0.212. The lowest BCUT2D eigenvalue weighted by molar-refractivity contribution is -0.928. The second kappa shape index (κ2) is 8.34. The highest BCUT2D eigenvalue weighted by Gasteiger charge is 2.29. The predicted molar refractivity (Wildman–Crippen MR) is 95.7 cm³/mol. The molecule has 1 fully saturated rings. The van der Waals surface area contributed by atoms with Crippen LogP contribution in [0.5, 0.6) is 5.75 Å². The monoisotopic (exact) mass is 346 g/mol. The average molecular weight is 346 g/mol. The number of ether oxygens (including phenoxy) is 1. The smallest absolute Gasteiger partial charge is 0.266 e. The van der Waals surface area contributed by atoms with Gasteiger partial charge in [0.25, 0.3) is 5.91 Å². The number of piperidine rings is 1. The Kier molecular flexibility index (Phi) is 5.91. The van der Waals surface area contributed by atoms with Crippen molar-refractivity contribution in [2.45, 2.75) is 51.2 Å². The summed E-state index contributed by atoms with van der Waals surface area (Å²) in [6, 6.07) is 7.98. The number of hydrogen-bond acceptors (Lipinski definition) is 3. The third kappa shape index (κ3) is 4.72. The maximum atomic E-state index is 12.1. The van der Waals surface area contributed by atoms with Crippen LogP contribution in [0.1, 0.15) is 39.0 Å². The van der Waals surface area contributed by atoms with Gasteiger partial charge in [-0.15, -0.1) is 0 Å². The van der Waals surface area contributed by atoms with Crippen molar-refractivity contribution in [1.29, 1.82) is 0 Å². The molecule has 25 heavy (non-hydrogen) atoms. The van der Waals surface area contributed by atoms with Gasteiger partial charge in [0.2, 0.25) is 5.91 Å². The first-order chi connectivity index (χ1) is 12.1. The third-order valence-electron chi connectivity index (χ3n) is 5.16. The Morgan fingerprint density at radius 1 is 1.36 bits per heavy atom. The number of amides is 2. The standard InChI is InChI=1S/C19H27N3O3/c1-14-7-4-5-11-22(14)12-6-10-20-18(23)13-17-19(24)21-15-8-2-3-9-16(15)25-17/h2-3,8-9,14,17H,4-7,10-13H2,1H3,(H,20,23)(H,21,24)/p+1/t14-,17-/m1/s1. The molecule has 1 unspecified atom stereocenters. The van der Waals surface area contributed by atoms with E-state index in [0.29, 0.717) is 18.0 Å². The van der Waals surface area contributed by atoms with Crippen LogP contribution in [0.2, 0.25) is 0 Å². The van der Waals surface area contributed by atoms with E-state index in [-0.39, 0.29) is 18.2 Å². The molecule has 2 heterocycles. The summed E-state index contributed by atoms with van der Waals surface area (Å²) < 4.78 is 5.65. The first kappa shape index (κ1) is 17.7. The second-order valence-corrected chi connectivity index (χ2v) is 7.05. The molecule has 6 heteroatoms. The normalized spacial score (nSPS) is 25.5. The van der Waals surface area contributed by atoms with Gasteiger partial charge < -0.3 is 20.3 Å². The van der Waals surface area contributed by atoms with Gasteiger partial charge in [-0.2, -0.15) is 0 Å². The number of likely N-dealkylation sites (tertiary alicyclic amines) is 1. The molecule has 2 amide bonds. The fraction of sp³-hybridized carbons (Fsp3) is 0.579. The highest BCUT2D eigenvalue weighted by Crippen LogP contribution is 2.29. The third-order valence-corrected chi connectivity index (χ3v) is 5.16. The van der Waals surface area contributed by atoms with Crippen molar-refractivity contribution in [3.8, 4) is 5.75 Å². The molecule has 136 valence electrons. The number of carbonyl (C=O) groups excluding carboxylic acids is 2. The summed E-state index contributed by atoms with van der Waals surface area (Å²) in [5.41, 5.74) is 0.655. The lowest BCUT2D eigenvalue weighted by atomic mass is 10.0. The molecule has 2 aliphatic heterocycles. The van der Waals surface area contributed by atoms with Crippen molar-refractivity contribution in [2.75, 3.05) is 25.0 Å². The summed E-state index contributed by atoms with van der Waals surface area (Å²) in [4.78, 5) is 25.8. The molecule has 0 saturated carbocycles. The zero-order chi connectivity index (χ0) is 17.6. The van der Waals surface area contributed by atoms with Crippen LogP contribution in [-0.2, 0) is 9.59 Å². The van der Waals surface area contributed by atoms with Crippen LogP contribution in [0.4, 0.5) is 5.69 Å². The van der Waals surface area contributed by atoms with Crippen LogP contribution in [0, 0.1) is 0 Å². The molecular weight excluding hydrogens is 318 g/mol. The quantitative estimate of drug-likeness (QED) is 0.666. The number of para-hydroxylation sites is 2. The van der Waals surface area contributed by atoms with E-state index < -0.39 is 6.10 Å². The Bertz CT molecular complexity index is 620. The predicted octanol–water partition coefficient (Wildman–Crippen LogP) is 0.740. The molecule has 3 atom stereocenters. The van der Waals surface area contributed by atoms with E-state index in [9.17, 15) is 9.59 Å². The zero-order valence-electron chi connectivity index (χ0n) is 14.8. The second-order valence-electron chi connectivity index (χ2n) is 7.05. The van der Waals surface area contributed by atoms with Crippen molar-refractivity contribution in [2.24, 2.45) is 0 Å². The lowest BCUT2D eigenvalue weighted by Gasteiger charge is -2.30. The van der Waals surface area contributed by atoms with Crippen molar-refractivity contribution in [1.82, 2.24) is 5.32 Å². The minimum Gasteiger partial charge on any atom is -0.478 e. The van der Waals surface area contributed by atoms with E-state index in [2.05, 4.69) is 17.6 Å². The van der Waals surface area contributed by atoms with Gasteiger partial charge in [0.1, 0.15) is 5.75 Å². The van der Waals surface area contributed by atoms with Crippen LogP contribution < -0.4 is 20.3 Å². The van der Waals surface area contributed by atoms with Crippen molar-refractivity contribution >= 4 is 17.5 Å². The summed E-state index contributed by atoms with van der Waals surface area (Å²) >= 11 is 0. The molecule has 1 saturated heterocycles. The molecule has 1 aromatic rings. The summed E-state index contributed by atoms with van der Waals surface area (Å²) in [7, 11) is 0. The summed E-state index contributed by atoms with van der Waals surface area (Å²) in [6.07, 6.45) is 4.20. The molecule has 0 spiro atoms. The lowest BCUT2D eigenvalue weighted by Crippen LogP contribution is -3.16. The minimum absolute atomic E-state index is 0.0488. The number of hydrogen-bond donors (Lipinski definition) is 3. The van der Waals surface area contributed by atoms with Gasteiger partial charge >= 0.3 is 0 Å². The van der Waals surface area contributed by atoms with E-state index in [1.807, 2.05) is 12.1 Å². The van der Waals surface area contributed by atoms with E-state index in [1.165, 1.54) is 25.8 Å². The molecule has 6 nitrogen and oxygen atoms in total. The van der Waals surface area contributed by atoms with Crippen molar-refractivity contribution in [3.05, 3.63) is 24.3 Å². The molecule has 0 aromatic heterocycles. The van der Waals surface area contributed by atoms with Gasteiger partial charge in [-0.3, -0.25) is 9.59 Å². The Hall–Kier alpha value is -2.08. The number of anilines is 1. The Balaban J connectivity index is 1.38. The van der Waals surface area contributed by atoms with Crippen LogP contribution in [-0.4, -0.2) is 43.6 Å². The largest absolute Gasteiger partial charge is 0.478 e. The summed E-state index contributed by atoms with van der Waals surface area (Å²) in [6.45, 7) is 5.30. The number of carbonyl (C=O) groups is 2. The van der Waals surface area contributed by atoms with Crippen LogP contribution in [0.15, 0.2) is 24.3 Å². The van der Waals surface area contributed by atoms with E-state index in [0.717, 1.165) is 19.0 Å². The highest BCUT2D eigenvalue weighted by molar-refractivity contribution is 5.99. The SMILES string of the molecule is C[C@@H]1CCCC[NH+]1CCCNC(=O)C[C@H]1Oc2ccccc2NC1=O. The Morgan fingerprint density at radius 2 is 2.20 bits per heavy atom. The first-order valence-electron chi connectivity index (χ1n) is 9.31. The average Bonchev–Trinajstić information content (AvgIpc) is 2.61. The molecule has 0 aliphatic carbocycles. The maximum Gasteiger partial charge on any atom is 0.266 e. The van der Waals surface area contributed by atoms with Gasteiger partial charge in [-0.25, -0.2) is 0 Å². The Labute approximate surface area is 148 Å². The van der Waals surface area contributed by atoms with Gasteiger partial charge in [-0.05, 0) is 38.3 Å². The van der Waals surface area contributed by atoms with Crippen LogP contribution >= 0.6 is 0 Å². The molecule has 2 aliphatic rings. The first-order valence-corrected chi connectivity index (χ1v) is 9.31. The molecule has 1 aromatic carbocycles. The van der Waals surface area contributed by atoms with E-state index >= 15 is 0 Å².